The van der Waals surface area contributed by atoms with Crippen LogP contribution in [-0.2, 0) is 4.74 Å². The molecule has 1 saturated heterocycles. The van der Waals surface area contributed by atoms with Crippen molar-refractivity contribution in [3.63, 3.8) is 0 Å². The van der Waals surface area contributed by atoms with Crippen LogP contribution >= 0.6 is 0 Å². The highest BCUT2D eigenvalue weighted by Gasteiger charge is 2.30. The van der Waals surface area contributed by atoms with Gasteiger partial charge in [0.25, 0.3) is 0 Å². The van der Waals surface area contributed by atoms with Crippen molar-refractivity contribution in [1.29, 1.82) is 0 Å². The van der Waals surface area contributed by atoms with Crippen LogP contribution in [0.1, 0.15) is 25.7 Å². The molecule has 1 heterocycles. The molecule has 82 valence electrons. The number of rotatable bonds is 6. The van der Waals surface area contributed by atoms with Crippen LogP contribution in [0.25, 0.3) is 0 Å². The van der Waals surface area contributed by atoms with Crippen LogP contribution in [0, 0.1) is 0 Å². The highest BCUT2D eigenvalue weighted by molar-refractivity contribution is 4.88. The summed E-state index contributed by atoms with van der Waals surface area (Å²) in [6.07, 6.45) is 5.51. The van der Waals surface area contributed by atoms with E-state index in [0.29, 0.717) is 0 Å². The Morgan fingerprint density at radius 3 is 2.79 bits per heavy atom. The molecule has 14 heavy (non-hydrogen) atoms. The molecule has 1 N–H and O–H groups in total. The zero-order valence-electron chi connectivity index (χ0n) is 9.17. The van der Waals surface area contributed by atoms with E-state index in [9.17, 15) is 0 Å². The summed E-state index contributed by atoms with van der Waals surface area (Å²) in [7, 11) is 1.79. The lowest BCUT2D eigenvalue weighted by Gasteiger charge is -2.25. The smallest absolute Gasteiger partial charge is 0.0589 e. The van der Waals surface area contributed by atoms with Crippen molar-refractivity contribution in [3.05, 3.63) is 0 Å². The summed E-state index contributed by atoms with van der Waals surface area (Å²) in [5, 5.41) is 3.56. The van der Waals surface area contributed by atoms with Gasteiger partial charge in [0, 0.05) is 32.3 Å². The van der Waals surface area contributed by atoms with Crippen molar-refractivity contribution < 1.29 is 4.74 Å². The molecule has 0 spiro atoms. The summed E-state index contributed by atoms with van der Waals surface area (Å²) in [5.41, 5.74) is 0. The maximum atomic E-state index is 5.15. The van der Waals surface area contributed by atoms with E-state index in [-0.39, 0.29) is 0 Å². The molecule has 3 heteroatoms. The average molecular weight is 198 g/mol. The third-order valence-corrected chi connectivity index (χ3v) is 3.26. The summed E-state index contributed by atoms with van der Waals surface area (Å²) in [6, 6.07) is 1.61. The molecule has 2 aliphatic rings. The molecule has 0 aromatic heterocycles. The number of hydrogen-bond donors (Lipinski definition) is 1. The van der Waals surface area contributed by atoms with Crippen LogP contribution in [0.3, 0.4) is 0 Å². The monoisotopic (exact) mass is 198 g/mol. The molecule has 1 aliphatic heterocycles. The molecule has 1 saturated carbocycles. The van der Waals surface area contributed by atoms with E-state index in [4.69, 9.17) is 4.74 Å². The molecule has 0 aromatic carbocycles. The van der Waals surface area contributed by atoms with Gasteiger partial charge in [0.2, 0.25) is 0 Å². The minimum absolute atomic E-state index is 0.743. The minimum atomic E-state index is 0.743. The van der Waals surface area contributed by atoms with Crippen LogP contribution in [0.5, 0.6) is 0 Å². The van der Waals surface area contributed by atoms with E-state index < -0.39 is 0 Å². The Morgan fingerprint density at radius 2 is 2.21 bits per heavy atom. The van der Waals surface area contributed by atoms with Crippen molar-refractivity contribution in [2.75, 3.05) is 33.4 Å². The van der Waals surface area contributed by atoms with E-state index in [1.165, 1.54) is 38.8 Å². The second-order valence-corrected chi connectivity index (χ2v) is 4.51. The Kier molecular flexibility index (Phi) is 3.79. The molecule has 0 amide bonds. The molecule has 0 unspecified atom stereocenters. The van der Waals surface area contributed by atoms with E-state index in [1.54, 1.807) is 7.11 Å². The van der Waals surface area contributed by atoms with Crippen LogP contribution in [0.2, 0.25) is 0 Å². The zero-order valence-corrected chi connectivity index (χ0v) is 9.17. The second kappa shape index (κ2) is 5.10. The first-order chi connectivity index (χ1) is 6.90. The number of nitrogens with one attached hydrogen (secondary N) is 1. The first kappa shape index (κ1) is 10.4. The number of methoxy groups -OCH3 is 1. The standard InChI is InChI=1S/C11H22N2O/c1-14-8-7-13(11-4-5-11)9-10-3-2-6-12-10/h10-12H,2-9H2,1H3/t10-/m0/s1. The maximum absolute atomic E-state index is 5.15. The van der Waals surface area contributed by atoms with Crippen LogP contribution in [0.4, 0.5) is 0 Å². The number of nitrogens with zero attached hydrogens (tertiary/aromatic N) is 1. The second-order valence-electron chi connectivity index (χ2n) is 4.51. The Hall–Kier alpha value is -0.120. The molecule has 0 bridgehead atoms. The van der Waals surface area contributed by atoms with Gasteiger partial charge in [-0.1, -0.05) is 0 Å². The van der Waals surface area contributed by atoms with Crippen LogP contribution in [0.15, 0.2) is 0 Å². The Morgan fingerprint density at radius 1 is 1.36 bits per heavy atom. The molecule has 0 aromatic rings. The van der Waals surface area contributed by atoms with Crippen molar-refractivity contribution in [1.82, 2.24) is 10.2 Å². The third-order valence-electron chi connectivity index (χ3n) is 3.26. The normalized spacial score (nSPS) is 27.4. The first-order valence-electron chi connectivity index (χ1n) is 5.86. The van der Waals surface area contributed by atoms with Gasteiger partial charge < -0.3 is 10.1 Å². The van der Waals surface area contributed by atoms with Crippen molar-refractivity contribution in [3.8, 4) is 0 Å². The van der Waals surface area contributed by atoms with E-state index in [2.05, 4.69) is 10.2 Å². The molecule has 3 nitrogen and oxygen atoms in total. The molecule has 0 radical (unpaired) electrons. The lowest BCUT2D eigenvalue weighted by molar-refractivity contribution is 0.137. The van der Waals surface area contributed by atoms with Crippen molar-refractivity contribution in [2.45, 2.75) is 37.8 Å². The highest BCUT2D eigenvalue weighted by Crippen LogP contribution is 2.27. The molecule has 1 atom stereocenters. The fraction of sp³-hybridized carbons (Fsp3) is 1.00. The van der Waals surface area contributed by atoms with Gasteiger partial charge in [0.15, 0.2) is 0 Å². The van der Waals surface area contributed by atoms with Gasteiger partial charge in [0.1, 0.15) is 0 Å². The average Bonchev–Trinajstić information content (AvgIpc) is 2.92. The summed E-state index contributed by atoms with van der Waals surface area (Å²) < 4.78 is 5.15. The Bertz CT molecular complexity index is 165. The quantitative estimate of drug-likeness (QED) is 0.685. The van der Waals surface area contributed by atoms with Crippen molar-refractivity contribution in [2.24, 2.45) is 0 Å². The fourth-order valence-electron chi connectivity index (χ4n) is 2.27. The predicted octanol–water partition coefficient (Wildman–Crippen LogP) is 0.849. The minimum Gasteiger partial charge on any atom is -0.383 e. The predicted molar refractivity (Wildman–Crippen MR) is 57.5 cm³/mol. The topological polar surface area (TPSA) is 24.5 Å². The summed E-state index contributed by atoms with van der Waals surface area (Å²) in [5.74, 6) is 0. The largest absolute Gasteiger partial charge is 0.383 e. The van der Waals surface area contributed by atoms with Crippen molar-refractivity contribution >= 4 is 0 Å². The van der Waals surface area contributed by atoms with Gasteiger partial charge >= 0.3 is 0 Å². The third kappa shape index (κ3) is 2.94. The Labute approximate surface area is 86.8 Å². The van der Waals surface area contributed by atoms with E-state index in [1.807, 2.05) is 0 Å². The van der Waals surface area contributed by atoms with Gasteiger partial charge in [-0.15, -0.1) is 0 Å². The summed E-state index contributed by atoms with van der Waals surface area (Å²) in [6.45, 7) is 4.43. The number of ether oxygens (including phenoxy) is 1. The van der Waals surface area contributed by atoms with Gasteiger partial charge in [-0.25, -0.2) is 0 Å². The molecule has 2 fully saturated rings. The maximum Gasteiger partial charge on any atom is 0.0589 e. The molecule has 2 rings (SSSR count). The van der Waals surface area contributed by atoms with E-state index >= 15 is 0 Å². The summed E-state index contributed by atoms with van der Waals surface area (Å²) in [4.78, 5) is 2.60. The van der Waals surface area contributed by atoms with Gasteiger partial charge in [0.05, 0.1) is 6.61 Å². The SMILES string of the molecule is COCCN(C[C@@H]1CCCN1)C1CC1. The highest BCUT2D eigenvalue weighted by atomic mass is 16.5. The van der Waals surface area contributed by atoms with Crippen LogP contribution in [-0.4, -0.2) is 50.3 Å². The lowest BCUT2D eigenvalue weighted by Crippen LogP contribution is -2.40. The zero-order chi connectivity index (χ0) is 9.80. The van der Waals surface area contributed by atoms with E-state index in [0.717, 1.165) is 25.2 Å². The molecule has 1 aliphatic carbocycles. The Balaban J connectivity index is 1.71. The van der Waals surface area contributed by atoms with Gasteiger partial charge in [-0.3, -0.25) is 4.90 Å². The van der Waals surface area contributed by atoms with Crippen LogP contribution < -0.4 is 5.32 Å². The fourth-order valence-corrected chi connectivity index (χ4v) is 2.27. The molecular weight excluding hydrogens is 176 g/mol. The first-order valence-corrected chi connectivity index (χ1v) is 5.86. The van der Waals surface area contributed by atoms with Gasteiger partial charge in [-0.05, 0) is 32.2 Å². The summed E-state index contributed by atoms with van der Waals surface area (Å²) >= 11 is 0. The lowest BCUT2D eigenvalue weighted by atomic mass is 10.2. The number of hydrogen-bond acceptors (Lipinski definition) is 3. The molecular formula is C11H22N2O. The van der Waals surface area contributed by atoms with Gasteiger partial charge in [-0.2, -0.15) is 0 Å².